The molecule has 2 amide bonds. The van der Waals surface area contributed by atoms with Gasteiger partial charge < -0.3 is 19.9 Å². The van der Waals surface area contributed by atoms with Crippen LogP contribution in [0.15, 0.2) is 41.6 Å². The van der Waals surface area contributed by atoms with Crippen molar-refractivity contribution in [2.45, 2.75) is 45.1 Å². The van der Waals surface area contributed by atoms with E-state index in [1.54, 1.807) is 30.5 Å². The van der Waals surface area contributed by atoms with E-state index in [4.69, 9.17) is 39.5 Å². The second kappa shape index (κ2) is 13.1. The number of esters is 1. The lowest BCUT2D eigenvalue weighted by molar-refractivity contribution is -0.113. The van der Waals surface area contributed by atoms with Gasteiger partial charge in [0, 0.05) is 12.1 Å². The quantitative estimate of drug-likeness (QED) is 0.239. The second-order valence-electron chi connectivity index (χ2n) is 7.94. The highest BCUT2D eigenvalue weighted by atomic mass is 35.5. The Morgan fingerprint density at radius 3 is 2.38 bits per heavy atom. The zero-order valence-electron chi connectivity index (χ0n) is 20.2. The van der Waals surface area contributed by atoms with Crippen molar-refractivity contribution in [3.05, 3.63) is 68.4 Å². The maximum Gasteiger partial charge on any atom is 0.338 e. The van der Waals surface area contributed by atoms with Gasteiger partial charge in [0.25, 0.3) is 5.91 Å². The normalized spacial score (nSPS) is 10.9. The van der Waals surface area contributed by atoms with Crippen molar-refractivity contribution in [1.29, 1.82) is 0 Å². The summed E-state index contributed by atoms with van der Waals surface area (Å²) in [6.07, 6.45) is -0.275. The summed E-state index contributed by atoms with van der Waals surface area (Å²) >= 11 is 19.3. The van der Waals surface area contributed by atoms with Gasteiger partial charge in [0.15, 0.2) is 11.0 Å². The lowest BCUT2D eigenvalue weighted by atomic mass is 10.2. The topological polar surface area (TPSA) is 115 Å². The van der Waals surface area contributed by atoms with Gasteiger partial charge in [0.1, 0.15) is 0 Å². The number of thioether (sulfide) groups is 1. The van der Waals surface area contributed by atoms with Crippen molar-refractivity contribution >= 4 is 70.0 Å². The molecule has 0 saturated heterocycles. The van der Waals surface area contributed by atoms with Crippen molar-refractivity contribution in [2.24, 2.45) is 0 Å². The third-order valence-corrected chi connectivity index (χ3v) is 6.89. The molecule has 0 aliphatic heterocycles. The molecular formula is C24H24Cl3N5O4S. The third-order valence-electron chi connectivity index (χ3n) is 4.85. The molecule has 0 aliphatic rings. The minimum atomic E-state index is -0.508. The molecule has 2 N–H and O–H groups in total. The second-order valence-corrected chi connectivity index (χ2v) is 10.1. The molecule has 0 atom stereocenters. The minimum absolute atomic E-state index is 0.0186. The van der Waals surface area contributed by atoms with Gasteiger partial charge in [-0.3, -0.25) is 9.59 Å². The predicted molar refractivity (Wildman–Crippen MR) is 145 cm³/mol. The van der Waals surface area contributed by atoms with Crippen LogP contribution in [0.2, 0.25) is 15.1 Å². The Kier molecular flexibility index (Phi) is 10.2. The van der Waals surface area contributed by atoms with Crippen LogP contribution in [0.25, 0.3) is 0 Å². The van der Waals surface area contributed by atoms with E-state index in [2.05, 4.69) is 20.8 Å². The number of benzene rings is 2. The van der Waals surface area contributed by atoms with E-state index >= 15 is 0 Å². The summed E-state index contributed by atoms with van der Waals surface area (Å²) in [5.74, 6) is -0.648. The fraction of sp³-hybridized carbons (Fsp3) is 0.292. The summed E-state index contributed by atoms with van der Waals surface area (Å²) in [5, 5.41) is 15.2. The van der Waals surface area contributed by atoms with Crippen LogP contribution in [0.5, 0.6) is 0 Å². The summed E-state index contributed by atoms with van der Waals surface area (Å²) in [5.41, 5.74) is 0.941. The number of anilines is 1. The zero-order valence-corrected chi connectivity index (χ0v) is 23.3. The standard InChI is InChI=1S/C24H24Cl3N5O4S/c1-4-32-20(11-28-22(34)14-5-7-16(25)18(27)9-14)30-31-24(32)37-12-21(33)29-19-10-15(6-8-17(19)26)23(35)36-13(2)3/h5-10,13H,4,11-12H2,1-3H3,(H,28,34)(H,29,33). The predicted octanol–water partition coefficient (Wildman–Crippen LogP) is 5.48. The first-order chi connectivity index (χ1) is 17.6. The van der Waals surface area contributed by atoms with E-state index in [0.717, 1.165) is 0 Å². The largest absolute Gasteiger partial charge is 0.459 e. The molecule has 0 spiro atoms. The Morgan fingerprint density at radius 1 is 1.00 bits per heavy atom. The zero-order chi connectivity index (χ0) is 27.1. The average Bonchev–Trinajstić information content (AvgIpc) is 3.25. The van der Waals surface area contributed by atoms with Crippen molar-refractivity contribution in [2.75, 3.05) is 11.1 Å². The lowest BCUT2D eigenvalue weighted by Gasteiger charge is -2.11. The fourth-order valence-electron chi connectivity index (χ4n) is 3.12. The number of carbonyl (C=O) groups is 3. The molecule has 0 radical (unpaired) electrons. The summed E-state index contributed by atoms with van der Waals surface area (Å²) in [7, 11) is 0. The third kappa shape index (κ3) is 7.85. The van der Waals surface area contributed by atoms with Crippen LogP contribution < -0.4 is 10.6 Å². The molecule has 0 saturated carbocycles. The van der Waals surface area contributed by atoms with Crippen molar-refractivity contribution in [3.8, 4) is 0 Å². The number of aromatic nitrogens is 3. The van der Waals surface area contributed by atoms with Crippen molar-refractivity contribution in [1.82, 2.24) is 20.1 Å². The summed E-state index contributed by atoms with van der Waals surface area (Å²) in [4.78, 5) is 37.2. The minimum Gasteiger partial charge on any atom is -0.459 e. The number of hydrogen-bond acceptors (Lipinski definition) is 7. The van der Waals surface area contributed by atoms with Gasteiger partial charge in [0.2, 0.25) is 5.91 Å². The van der Waals surface area contributed by atoms with Crippen molar-refractivity contribution in [3.63, 3.8) is 0 Å². The SMILES string of the molecule is CCn1c(CNC(=O)c2ccc(Cl)c(Cl)c2)nnc1SCC(=O)Nc1cc(C(=O)OC(C)C)ccc1Cl. The van der Waals surface area contributed by atoms with Crippen LogP contribution in [-0.4, -0.2) is 44.4 Å². The van der Waals surface area contributed by atoms with Crippen LogP contribution in [-0.2, 0) is 22.6 Å². The molecule has 0 bridgehead atoms. The summed E-state index contributed by atoms with van der Waals surface area (Å²) < 4.78 is 6.98. The number of amides is 2. The molecule has 37 heavy (non-hydrogen) atoms. The first-order valence-electron chi connectivity index (χ1n) is 11.2. The molecule has 0 fully saturated rings. The molecule has 2 aromatic carbocycles. The average molecular weight is 585 g/mol. The monoisotopic (exact) mass is 583 g/mol. The molecule has 13 heteroatoms. The maximum absolute atomic E-state index is 12.6. The van der Waals surface area contributed by atoms with Crippen LogP contribution in [0, 0.1) is 0 Å². The van der Waals surface area contributed by atoms with Crippen LogP contribution >= 0.6 is 46.6 Å². The molecule has 3 aromatic rings. The van der Waals surface area contributed by atoms with Crippen LogP contribution in [0.3, 0.4) is 0 Å². The molecule has 196 valence electrons. The Morgan fingerprint density at radius 2 is 1.70 bits per heavy atom. The number of nitrogens with zero attached hydrogens (tertiary/aromatic N) is 3. The molecule has 1 aromatic heterocycles. The molecular weight excluding hydrogens is 561 g/mol. The van der Waals surface area contributed by atoms with Crippen LogP contribution in [0.4, 0.5) is 5.69 Å². The number of rotatable bonds is 10. The van der Waals surface area contributed by atoms with Gasteiger partial charge >= 0.3 is 5.97 Å². The molecule has 3 rings (SSSR count). The Hall–Kier alpha value is -2.79. The van der Waals surface area contributed by atoms with Gasteiger partial charge in [-0.05, 0) is 57.2 Å². The maximum atomic E-state index is 12.6. The van der Waals surface area contributed by atoms with Gasteiger partial charge in [-0.1, -0.05) is 46.6 Å². The first-order valence-corrected chi connectivity index (χ1v) is 13.3. The summed E-state index contributed by atoms with van der Waals surface area (Å²) in [6, 6.07) is 9.13. The van der Waals surface area contributed by atoms with Gasteiger partial charge in [-0.15, -0.1) is 10.2 Å². The molecule has 0 aliphatic carbocycles. The van der Waals surface area contributed by atoms with Crippen LogP contribution in [0.1, 0.15) is 47.3 Å². The van der Waals surface area contributed by atoms with E-state index < -0.39 is 5.97 Å². The van der Waals surface area contributed by atoms with E-state index in [1.807, 2.05) is 6.92 Å². The summed E-state index contributed by atoms with van der Waals surface area (Å²) in [6.45, 7) is 6.05. The molecule has 1 heterocycles. The van der Waals surface area contributed by atoms with Gasteiger partial charge in [-0.25, -0.2) is 4.79 Å². The smallest absolute Gasteiger partial charge is 0.338 e. The highest BCUT2D eigenvalue weighted by molar-refractivity contribution is 7.99. The fourth-order valence-corrected chi connectivity index (χ4v) is 4.40. The van der Waals surface area contributed by atoms with Crippen molar-refractivity contribution < 1.29 is 19.1 Å². The number of hydrogen-bond donors (Lipinski definition) is 2. The number of ether oxygens (including phenoxy) is 1. The van der Waals surface area contributed by atoms with E-state index in [1.165, 1.54) is 36.0 Å². The van der Waals surface area contributed by atoms with E-state index in [0.29, 0.717) is 33.8 Å². The molecule has 0 unspecified atom stereocenters. The van der Waals surface area contributed by atoms with Gasteiger partial charge in [-0.2, -0.15) is 0 Å². The Balaban J connectivity index is 1.60. The van der Waals surface area contributed by atoms with Gasteiger partial charge in [0.05, 0.1) is 44.7 Å². The first kappa shape index (κ1) is 28.8. The Bertz CT molecular complexity index is 1320. The highest BCUT2D eigenvalue weighted by Crippen LogP contribution is 2.25. The number of halogens is 3. The Labute approximate surface area is 233 Å². The number of nitrogens with one attached hydrogen (secondary N) is 2. The van der Waals surface area contributed by atoms with E-state index in [-0.39, 0.29) is 45.8 Å². The lowest BCUT2D eigenvalue weighted by Crippen LogP contribution is -2.24. The highest BCUT2D eigenvalue weighted by Gasteiger charge is 2.17. The van der Waals surface area contributed by atoms with E-state index in [9.17, 15) is 14.4 Å². The number of carbonyl (C=O) groups excluding carboxylic acids is 3. The molecule has 9 nitrogen and oxygen atoms in total.